The lowest BCUT2D eigenvalue weighted by molar-refractivity contribution is 0.0150. The monoisotopic (exact) mass is 295 g/mol. The zero-order valence-electron chi connectivity index (χ0n) is 7.63. The molecule has 0 radical (unpaired) electrons. The van der Waals surface area contributed by atoms with E-state index in [9.17, 15) is 15.0 Å². The van der Waals surface area contributed by atoms with Crippen molar-refractivity contribution >= 4 is 33.2 Å². The number of carboxylic acids is 1. The fraction of sp³-hybridized carbons (Fsp3) is 0.500. The van der Waals surface area contributed by atoms with Gasteiger partial charge in [0.1, 0.15) is 6.10 Å². The first kappa shape index (κ1) is 12.6. The molecule has 1 rings (SSSR count). The van der Waals surface area contributed by atoms with Crippen molar-refractivity contribution in [3.63, 3.8) is 0 Å². The molecule has 0 bridgehead atoms. The van der Waals surface area contributed by atoms with E-state index in [0.717, 1.165) is 11.3 Å². The number of nitrogens with zero attached hydrogens (tertiary/aromatic N) is 1. The lowest BCUT2D eigenvalue weighted by Crippen LogP contribution is -2.19. The second-order valence-electron chi connectivity index (χ2n) is 2.87. The zero-order chi connectivity index (χ0) is 11.4. The summed E-state index contributed by atoms with van der Waals surface area (Å²) in [6, 6.07) is 0. The fourth-order valence-corrected chi connectivity index (χ4v) is 2.14. The van der Waals surface area contributed by atoms with Crippen LogP contribution in [-0.2, 0) is 0 Å². The van der Waals surface area contributed by atoms with Gasteiger partial charge in [0.05, 0.1) is 11.8 Å². The van der Waals surface area contributed by atoms with Gasteiger partial charge in [-0.2, -0.15) is 0 Å². The molecule has 0 aliphatic heterocycles. The van der Waals surface area contributed by atoms with Crippen LogP contribution in [0.25, 0.3) is 0 Å². The molecule has 0 aliphatic carbocycles. The first-order chi connectivity index (χ1) is 7.06. The van der Waals surface area contributed by atoms with Crippen molar-refractivity contribution in [1.82, 2.24) is 4.98 Å². The van der Waals surface area contributed by atoms with E-state index in [1.54, 1.807) is 0 Å². The number of alkyl halides is 1. The van der Waals surface area contributed by atoms with E-state index < -0.39 is 18.2 Å². The third-order valence-corrected chi connectivity index (χ3v) is 3.08. The second kappa shape index (κ2) is 5.55. The number of carboxylic acid groups (broad SMARTS) is 1. The molecule has 0 fully saturated rings. The third kappa shape index (κ3) is 3.23. The summed E-state index contributed by atoms with van der Waals surface area (Å²) in [7, 11) is 0. The van der Waals surface area contributed by atoms with E-state index in [4.69, 9.17) is 5.11 Å². The number of halogens is 1. The summed E-state index contributed by atoms with van der Waals surface area (Å²) in [6.07, 6.45) is -1.69. The van der Waals surface area contributed by atoms with Crippen molar-refractivity contribution in [3.05, 3.63) is 16.1 Å². The quantitative estimate of drug-likeness (QED) is 0.706. The summed E-state index contributed by atoms with van der Waals surface area (Å²) < 4.78 is 0. The lowest BCUT2D eigenvalue weighted by Gasteiger charge is -2.14. The van der Waals surface area contributed by atoms with Gasteiger partial charge in [0, 0.05) is 10.7 Å². The summed E-state index contributed by atoms with van der Waals surface area (Å²) >= 11 is 4.06. The molecule has 3 N–H and O–H groups in total. The molecule has 0 aliphatic rings. The number of aromatic carboxylic acids is 1. The molecule has 2 atom stereocenters. The normalized spacial score (nSPS) is 14.9. The van der Waals surface area contributed by atoms with Crippen molar-refractivity contribution in [2.45, 2.75) is 18.6 Å². The van der Waals surface area contributed by atoms with E-state index >= 15 is 0 Å². The van der Waals surface area contributed by atoms with E-state index in [-0.39, 0.29) is 10.7 Å². The standard InChI is InChI=1S/C8H10BrNO4S/c9-2-1-5(11)6(12)4-3-15-7(10-4)8(13)14/h3,5-6,11-12H,1-2H2,(H,13,14). The van der Waals surface area contributed by atoms with Gasteiger partial charge in [0.2, 0.25) is 5.01 Å². The molecule has 1 aromatic heterocycles. The molecule has 7 heteroatoms. The molecule has 0 saturated heterocycles. The van der Waals surface area contributed by atoms with Gasteiger partial charge in [-0.25, -0.2) is 9.78 Å². The molecule has 1 aromatic rings. The third-order valence-electron chi connectivity index (χ3n) is 1.78. The molecule has 5 nitrogen and oxygen atoms in total. The minimum atomic E-state index is -1.13. The maximum Gasteiger partial charge on any atom is 0.365 e. The minimum Gasteiger partial charge on any atom is -0.476 e. The van der Waals surface area contributed by atoms with Crippen LogP contribution >= 0.6 is 27.3 Å². The van der Waals surface area contributed by atoms with Crippen molar-refractivity contribution < 1.29 is 20.1 Å². The molecule has 1 heterocycles. The molecule has 84 valence electrons. The SMILES string of the molecule is O=C(O)c1nc(C(O)C(O)CCBr)cs1. The van der Waals surface area contributed by atoms with Gasteiger partial charge in [-0.3, -0.25) is 0 Å². The van der Waals surface area contributed by atoms with Gasteiger partial charge in [0.25, 0.3) is 0 Å². The van der Waals surface area contributed by atoms with Crippen molar-refractivity contribution in [3.8, 4) is 0 Å². The Bertz CT molecular complexity index is 343. The van der Waals surface area contributed by atoms with Crippen LogP contribution in [0.5, 0.6) is 0 Å². The number of aliphatic hydroxyl groups excluding tert-OH is 2. The number of thiazole rings is 1. The van der Waals surface area contributed by atoms with Gasteiger partial charge in [-0.05, 0) is 6.42 Å². The molecule has 2 unspecified atom stereocenters. The Hall–Kier alpha value is -0.500. The Morgan fingerprint density at radius 3 is 2.73 bits per heavy atom. The van der Waals surface area contributed by atoms with E-state index in [2.05, 4.69) is 20.9 Å². The minimum absolute atomic E-state index is 0.0879. The van der Waals surface area contributed by atoms with Gasteiger partial charge in [-0.1, -0.05) is 15.9 Å². The Morgan fingerprint density at radius 1 is 1.60 bits per heavy atom. The van der Waals surface area contributed by atoms with E-state index in [1.807, 2.05) is 0 Å². The summed E-state index contributed by atoms with van der Waals surface area (Å²) in [5.74, 6) is -1.13. The van der Waals surface area contributed by atoms with E-state index in [1.165, 1.54) is 5.38 Å². The van der Waals surface area contributed by atoms with Gasteiger partial charge in [0.15, 0.2) is 0 Å². The van der Waals surface area contributed by atoms with Crippen LogP contribution < -0.4 is 0 Å². The zero-order valence-corrected chi connectivity index (χ0v) is 10.0. The van der Waals surface area contributed by atoms with Crippen LogP contribution in [0.4, 0.5) is 0 Å². The molecule has 0 amide bonds. The maximum absolute atomic E-state index is 10.5. The number of carbonyl (C=O) groups is 1. The van der Waals surface area contributed by atoms with Crippen LogP contribution in [0.1, 0.15) is 28.0 Å². The first-order valence-electron chi connectivity index (χ1n) is 4.17. The first-order valence-corrected chi connectivity index (χ1v) is 6.17. The number of aliphatic hydroxyl groups is 2. The Kier molecular flexibility index (Phi) is 4.65. The highest BCUT2D eigenvalue weighted by Crippen LogP contribution is 2.21. The summed E-state index contributed by atoms with van der Waals surface area (Å²) in [6.45, 7) is 0. The second-order valence-corrected chi connectivity index (χ2v) is 4.52. The molecule has 0 aromatic carbocycles. The average Bonchev–Trinajstić information content (AvgIpc) is 2.65. The smallest absolute Gasteiger partial charge is 0.365 e. The fourth-order valence-electron chi connectivity index (χ4n) is 0.987. The van der Waals surface area contributed by atoms with Gasteiger partial charge in [-0.15, -0.1) is 11.3 Å². The predicted octanol–water partition coefficient (Wildman–Crippen LogP) is 1.02. The van der Waals surface area contributed by atoms with Crippen LogP contribution in [-0.4, -0.2) is 37.7 Å². The Balaban J connectivity index is 2.73. The molecular weight excluding hydrogens is 286 g/mol. The average molecular weight is 296 g/mol. The number of aromatic nitrogens is 1. The van der Waals surface area contributed by atoms with Gasteiger partial charge < -0.3 is 15.3 Å². The summed E-state index contributed by atoms with van der Waals surface area (Å²) in [5, 5.41) is 29.6. The Labute approximate surface area is 98.5 Å². The highest BCUT2D eigenvalue weighted by atomic mass is 79.9. The molecule has 0 spiro atoms. The van der Waals surface area contributed by atoms with Crippen LogP contribution in [0, 0.1) is 0 Å². The molecule has 15 heavy (non-hydrogen) atoms. The highest BCUT2D eigenvalue weighted by molar-refractivity contribution is 9.09. The van der Waals surface area contributed by atoms with Crippen molar-refractivity contribution in [1.29, 1.82) is 0 Å². The molecule has 0 saturated carbocycles. The number of hydrogen-bond donors (Lipinski definition) is 3. The summed E-state index contributed by atoms with van der Waals surface area (Å²) in [4.78, 5) is 14.2. The largest absolute Gasteiger partial charge is 0.476 e. The maximum atomic E-state index is 10.5. The van der Waals surface area contributed by atoms with Crippen molar-refractivity contribution in [2.24, 2.45) is 0 Å². The van der Waals surface area contributed by atoms with E-state index in [0.29, 0.717) is 11.8 Å². The highest BCUT2D eigenvalue weighted by Gasteiger charge is 2.21. The van der Waals surface area contributed by atoms with Crippen LogP contribution in [0.2, 0.25) is 0 Å². The lowest BCUT2D eigenvalue weighted by atomic mass is 10.1. The number of rotatable bonds is 5. The molecular formula is C8H10BrNO4S. The van der Waals surface area contributed by atoms with Crippen molar-refractivity contribution in [2.75, 3.05) is 5.33 Å². The van der Waals surface area contributed by atoms with Crippen LogP contribution in [0.3, 0.4) is 0 Å². The number of hydrogen-bond acceptors (Lipinski definition) is 5. The van der Waals surface area contributed by atoms with Crippen LogP contribution in [0.15, 0.2) is 5.38 Å². The Morgan fingerprint density at radius 2 is 2.27 bits per heavy atom. The topological polar surface area (TPSA) is 90.7 Å². The summed E-state index contributed by atoms with van der Waals surface area (Å²) in [5.41, 5.74) is 0.200. The predicted molar refractivity (Wildman–Crippen MR) is 58.5 cm³/mol. The van der Waals surface area contributed by atoms with Gasteiger partial charge >= 0.3 is 5.97 Å².